The van der Waals surface area contributed by atoms with Crippen LogP contribution in [-0.2, 0) is 14.4 Å². The normalized spacial score (nSPS) is 10.4. The minimum Gasteiger partial charge on any atom is -0.497 e. The van der Waals surface area contributed by atoms with E-state index in [2.05, 4.69) is 21.2 Å². The molecule has 3 aromatic rings. The van der Waals surface area contributed by atoms with Gasteiger partial charge in [0, 0.05) is 23.0 Å². The van der Waals surface area contributed by atoms with E-state index in [0.29, 0.717) is 28.4 Å². The van der Waals surface area contributed by atoms with Crippen LogP contribution in [0.3, 0.4) is 0 Å². The lowest BCUT2D eigenvalue weighted by Crippen LogP contribution is -2.32. The number of hydrogen-bond acceptors (Lipinski definition) is 6. The van der Waals surface area contributed by atoms with Crippen molar-refractivity contribution in [2.75, 3.05) is 24.4 Å². The van der Waals surface area contributed by atoms with E-state index in [-0.39, 0.29) is 12.5 Å². The maximum absolute atomic E-state index is 12.2. The molecule has 3 N–H and O–H groups in total. The van der Waals surface area contributed by atoms with Crippen LogP contribution in [0.2, 0.25) is 0 Å². The van der Waals surface area contributed by atoms with Gasteiger partial charge in [-0.3, -0.25) is 14.4 Å². The number of carbonyl (C=O) groups excluding carboxylic acids is 3. The van der Waals surface area contributed by atoms with Crippen LogP contribution in [0.4, 0.5) is 11.4 Å². The van der Waals surface area contributed by atoms with E-state index < -0.39 is 11.8 Å². The zero-order chi connectivity index (χ0) is 24.3. The number of anilines is 2. The van der Waals surface area contributed by atoms with Crippen molar-refractivity contribution in [3.05, 3.63) is 83.9 Å². The minimum absolute atomic E-state index is 0.214. The Hall–Kier alpha value is -4.66. The van der Waals surface area contributed by atoms with E-state index in [9.17, 15) is 14.4 Å². The van der Waals surface area contributed by atoms with Crippen LogP contribution >= 0.6 is 0 Å². The first-order chi connectivity index (χ1) is 16.4. The Kier molecular flexibility index (Phi) is 8.34. The lowest BCUT2D eigenvalue weighted by atomic mass is 10.2. The number of hydrazone groups is 1. The van der Waals surface area contributed by atoms with Gasteiger partial charge in [-0.2, -0.15) is 5.10 Å². The van der Waals surface area contributed by atoms with Crippen LogP contribution in [0, 0.1) is 6.92 Å². The van der Waals surface area contributed by atoms with Gasteiger partial charge in [0.25, 0.3) is 5.91 Å². The lowest BCUT2D eigenvalue weighted by Gasteiger charge is -2.10. The predicted octanol–water partition coefficient (Wildman–Crippen LogP) is 3.11. The number of ether oxygens (including phenoxy) is 2. The second-order valence-corrected chi connectivity index (χ2v) is 7.13. The highest BCUT2D eigenvalue weighted by Crippen LogP contribution is 2.17. The van der Waals surface area contributed by atoms with Crippen molar-refractivity contribution in [3.8, 4) is 11.5 Å². The van der Waals surface area contributed by atoms with Crippen molar-refractivity contribution >= 4 is 35.3 Å². The summed E-state index contributed by atoms with van der Waals surface area (Å²) in [7, 11) is 1.50. The molecular weight excluding hydrogens is 436 g/mol. The van der Waals surface area contributed by atoms with Gasteiger partial charge in [-0.05, 0) is 43.3 Å². The fraction of sp³-hybridized carbons (Fsp3) is 0.120. The quantitative estimate of drug-likeness (QED) is 0.271. The van der Waals surface area contributed by atoms with Crippen LogP contribution in [0.25, 0.3) is 0 Å². The Balaban J connectivity index is 1.52. The molecule has 34 heavy (non-hydrogen) atoms. The molecule has 0 bridgehead atoms. The third-order valence-corrected chi connectivity index (χ3v) is 4.52. The maximum Gasteiger partial charge on any atom is 0.329 e. The summed E-state index contributed by atoms with van der Waals surface area (Å²) in [4.78, 5) is 36.3. The molecule has 0 spiro atoms. The van der Waals surface area contributed by atoms with Crippen molar-refractivity contribution in [1.82, 2.24) is 5.43 Å². The van der Waals surface area contributed by atoms with Gasteiger partial charge in [0.2, 0.25) is 0 Å². The topological polar surface area (TPSA) is 118 Å². The molecule has 0 saturated heterocycles. The number of amides is 3. The fourth-order valence-corrected chi connectivity index (χ4v) is 2.80. The van der Waals surface area contributed by atoms with Crippen molar-refractivity contribution in [2.45, 2.75) is 6.92 Å². The van der Waals surface area contributed by atoms with E-state index in [1.807, 2.05) is 19.1 Å². The Morgan fingerprint density at radius 2 is 1.65 bits per heavy atom. The predicted molar refractivity (Wildman–Crippen MR) is 129 cm³/mol. The number of nitrogens with one attached hydrogen (secondary N) is 3. The molecule has 0 heterocycles. The van der Waals surface area contributed by atoms with E-state index in [0.717, 1.165) is 5.56 Å². The molecule has 3 amide bonds. The second-order valence-electron chi connectivity index (χ2n) is 7.13. The molecule has 0 aliphatic heterocycles. The number of hydrogen-bond donors (Lipinski definition) is 3. The average molecular weight is 460 g/mol. The SMILES string of the molecule is COc1cccc(NC(=O)C(=O)N/N=C\c2ccccc2OCC(=O)Nc2ccc(C)cc2)c1. The zero-order valence-corrected chi connectivity index (χ0v) is 18.7. The molecule has 9 heteroatoms. The van der Waals surface area contributed by atoms with Gasteiger partial charge in [-0.15, -0.1) is 0 Å². The van der Waals surface area contributed by atoms with Crippen molar-refractivity contribution in [3.63, 3.8) is 0 Å². The summed E-state index contributed by atoms with van der Waals surface area (Å²) in [5.74, 6) is -1.23. The van der Waals surface area contributed by atoms with Crippen LogP contribution in [-0.4, -0.2) is 37.7 Å². The van der Waals surface area contributed by atoms with Crippen LogP contribution in [0.1, 0.15) is 11.1 Å². The van der Waals surface area contributed by atoms with Crippen LogP contribution in [0.5, 0.6) is 11.5 Å². The highest BCUT2D eigenvalue weighted by Gasteiger charge is 2.13. The molecular formula is C25H24N4O5. The highest BCUT2D eigenvalue weighted by atomic mass is 16.5. The summed E-state index contributed by atoms with van der Waals surface area (Å²) in [6.07, 6.45) is 1.32. The molecule has 0 saturated carbocycles. The summed E-state index contributed by atoms with van der Waals surface area (Å²) in [5, 5.41) is 9.02. The Morgan fingerprint density at radius 1 is 0.882 bits per heavy atom. The first-order valence-electron chi connectivity index (χ1n) is 10.3. The molecule has 3 rings (SSSR count). The van der Waals surface area contributed by atoms with E-state index in [1.54, 1.807) is 60.7 Å². The molecule has 0 aliphatic rings. The zero-order valence-electron chi connectivity index (χ0n) is 18.7. The van der Waals surface area contributed by atoms with Crippen molar-refractivity contribution in [2.24, 2.45) is 5.10 Å². The lowest BCUT2D eigenvalue weighted by molar-refractivity contribution is -0.136. The second kappa shape index (κ2) is 11.8. The Labute approximate surface area is 196 Å². The van der Waals surface area contributed by atoms with Gasteiger partial charge in [-0.1, -0.05) is 35.9 Å². The molecule has 9 nitrogen and oxygen atoms in total. The minimum atomic E-state index is -0.949. The number of benzene rings is 3. The van der Waals surface area contributed by atoms with Gasteiger partial charge in [0.1, 0.15) is 11.5 Å². The third-order valence-electron chi connectivity index (χ3n) is 4.52. The molecule has 0 radical (unpaired) electrons. The molecule has 174 valence electrons. The number of aryl methyl sites for hydroxylation is 1. The number of para-hydroxylation sites is 1. The van der Waals surface area contributed by atoms with Crippen molar-refractivity contribution < 1.29 is 23.9 Å². The molecule has 0 fully saturated rings. The fourth-order valence-electron chi connectivity index (χ4n) is 2.80. The Bertz CT molecular complexity index is 1190. The van der Waals surface area contributed by atoms with E-state index >= 15 is 0 Å². The van der Waals surface area contributed by atoms with E-state index in [1.165, 1.54) is 13.3 Å². The Morgan fingerprint density at radius 3 is 2.41 bits per heavy atom. The summed E-state index contributed by atoms with van der Waals surface area (Å²) in [6, 6.07) is 20.9. The summed E-state index contributed by atoms with van der Waals surface area (Å²) < 4.78 is 10.7. The van der Waals surface area contributed by atoms with Gasteiger partial charge < -0.3 is 20.1 Å². The standard InChI is InChI=1S/C25H24N4O5/c1-17-10-12-19(13-11-17)27-23(30)16-34-22-9-4-3-6-18(22)15-26-29-25(32)24(31)28-20-7-5-8-21(14-20)33-2/h3-15H,16H2,1-2H3,(H,27,30)(H,28,31)(H,29,32)/b26-15-. The van der Waals surface area contributed by atoms with Gasteiger partial charge >= 0.3 is 11.8 Å². The van der Waals surface area contributed by atoms with Crippen molar-refractivity contribution in [1.29, 1.82) is 0 Å². The largest absolute Gasteiger partial charge is 0.497 e. The number of nitrogens with zero attached hydrogens (tertiary/aromatic N) is 1. The monoisotopic (exact) mass is 460 g/mol. The first-order valence-corrected chi connectivity index (χ1v) is 10.3. The number of methoxy groups -OCH3 is 1. The molecule has 0 aromatic heterocycles. The van der Waals surface area contributed by atoms with Gasteiger partial charge in [0.15, 0.2) is 6.61 Å². The number of carbonyl (C=O) groups is 3. The van der Waals surface area contributed by atoms with Crippen LogP contribution in [0.15, 0.2) is 77.9 Å². The molecule has 0 aliphatic carbocycles. The van der Waals surface area contributed by atoms with Crippen LogP contribution < -0.4 is 25.5 Å². The van der Waals surface area contributed by atoms with E-state index in [4.69, 9.17) is 9.47 Å². The number of rotatable bonds is 8. The van der Waals surface area contributed by atoms with Gasteiger partial charge in [0.05, 0.1) is 13.3 Å². The molecule has 0 unspecified atom stereocenters. The maximum atomic E-state index is 12.2. The third kappa shape index (κ3) is 7.20. The smallest absolute Gasteiger partial charge is 0.329 e. The highest BCUT2D eigenvalue weighted by molar-refractivity contribution is 6.39. The summed E-state index contributed by atoms with van der Waals surface area (Å²) >= 11 is 0. The van der Waals surface area contributed by atoms with Gasteiger partial charge in [-0.25, -0.2) is 5.43 Å². The first kappa shape index (κ1) is 24.0. The average Bonchev–Trinajstić information content (AvgIpc) is 2.85. The summed E-state index contributed by atoms with van der Waals surface area (Å²) in [6.45, 7) is 1.75. The molecule has 3 aromatic carbocycles. The molecule has 0 atom stereocenters. The summed E-state index contributed by atoms with van der Waals surface area (Å²) in [5.41, 5.74) is 4.84.